The minimum absolute atomic E-state index is 0.449. The smallest absolute Gasteiger partial charge is 0.197 e. The first kappa shape index (κ1) is 7.08. The number of methoxy groups -OCH3 is 1. The van der Waals surface area contributed by atoms with Gasteiger partial charge in [-0.25, -0.2) is 4.98 Å². The van der Waals surface area contributed by atoms with Gasteiger partial charge >= 0.3 is 0 Å². The predicted octanol–water partition coefficient (Wildman–Crippen LogP) is 0.447. The third kappa shape index (κ3) is 1.27. The van der Waals surface area contributed by atoms with Crippen molar-refractivity contribution in [1.82, 2.24) is 9.97 Å². The number of ether oxygens (including phenoxy) is 1. The molecule has 0 aliphatic carbocycles. The van der Waals surface area contributed by atoms with Gasteiger partial charge in [-0.15, -0.1) is 0 Å². The highest BCUT2D eigenvalue weighted by molar-refractivity contribution is 5.24. The number of imidazole rings is 1. The number of nitrogens with zero attached hydrogens (tertiary/aromatic N) is 1. The third-order valence-electron chi connectivity index (χ3n) is 1.28. The largest absolute Gasteiger partial charge is 0.378 e. The summed E-state index contributed by atoms with van der Waals surface area (Å²) in [5.74, 6) is 0.449. The van der Waals surface area contributed by atoms with Crippen LogP contribution in [-0.2, 0) is 11.3 Å². The van der Waals surface area contributed by atoms with Gasteiger partial charge in [0.25, 0.3) is 0 Å². The number of anilines is 1. The van der Waals surface area contributed by atoms with E-state index in [-0.39, 0.29) is 0 Å². The van der Waals surface area contributed by atoms with E-state index in [1.54, 1.807) is 7.11 Å². The first-order valence-corrected chi connectivity index (χ1v) is 3.04. The molecule has 4 nitrogen and oxygen atoms in total. The Morgan fingerprint density at radius 3 is 2.80 bits per heavy atom. The van der Waals surface area contributed by atoms with E-state index in [4.69, 9.17) is 10.5 Å². The average Bonchev–Trinajstić information content (AvgIpc) is 2.13. The summed E-state index contributed by atoms with van der Waals surface area (Å²) in [6.07, 6.45) is 0. The lowest BCUT2D eigenvalue weighted by Crippen LogP contribution is -1.90. The zero-order chi connectivity index (χ0) is 7.56. The molecule has 4 heteroatoms. The van der Waals surface area contributed by atoms with Crippen molar-refractivity contribution in [2.75, 3.05) is 12.8 Å². The molecule has 0 fully saturated rings. The van der Waals surface area contributed by atoms with E-state index >= 15 is 0 Å². The first-order valence-electron chi connectivity index (χ1n) is 3.04. The van der Waals surface area contributed by atoms with Crippen molar-refractivity contribution in [2.24, 2.45) is 0 Å². The SMILES string of the molecule is COCc1nc(N)[nH]c1C. The molecular weight excluding hydrogens is 130 g/mol. The van der Waals surface area contributed by atoms with Gasteiger partial charge in [0.2, 0.25) is 0 Å². The Kier molecular flexibility index (Phi) is 1.91. The van der Waals surface area contributed by atoms with E-state index in [1.807, 2.05) is 6.92 Å². The molecule has 0 aliphatic rings. The number of nitrogens with one attached hydrogen (secondary N) is 1. The van der Waals surface area contributed by atoms with Crippen molar-refractivity contribution < 1.29 is 4.74 Å². The summed E-state index contributed by atoms with van der Waals surface area (Å²) in [6.45, 7) is 2.43. The molecule has 0 amide bonds. The summed E-state index contributed by atoms with van der Waals surface area (Å²) in [5.41, 5.74) is 7.23. The molecule has 0 spiro atoms. The third-order valence-corrected chi connectivity index (χ3v) is 1.28. The lowest BCUT2D eigenvalue weighted by atomic mass is 10.4. The molecule has 0 bridgehead atoms. The van der Waals surface area contributed by atoms with Crippen LogP contribution in [0.3, 0.4) is 0 Å². The summed E-state index contributed by atoms with van der Waals surface area (Å²) in [5, 5.41) is 0. The molecule has 1 rings (SSSR count). The number of aryl methyl sites for hydroxylation is 1. The molecule has 56 valence electrons. The van der Waals surface area contributed by atoms with E-state index in [2.05, 4.69) is 9.97 Å². The Labute approximate surface area is 59.4 Å². The minimum atomic E-state index is 0.449. The van der Waals surface area contributed by atoms with Crippen LogP contribution in [0.1, 0.15) is 11.4 Å². The molecule has 0 unspecified atom stereocenters. The molecule has 1 aromatic heterocycles. The molecule has 0 aromatic carbocycles. The van der Waals surface area contributed by atoms with Crippen LogP contribution in [0.2, 0.25) is 0 Å². The number of rotatable bonds is 2. The van der Waals surface area contributed by atoms with Crippen LogP contribution in [0, 0.1) is 6.92 Å². The summed E-state index contributed by atoms with van der Waals surface area (Å²) >= 11 is 0. The number of hydrogen-bond donors (Lipinski definition) is 2. The molecule has 10 heavy (non-hydrogen) atoms. The van der Waals surface area contributed by atoms with Crippen LogP contribution in [0.25, 0.3) is 0 Å². The second kappa shape index (κ2) is 2.70. The number of nitrogens with two attached hydrogens (primary N) is 1. The van der Waals surface area contributed by atoms with Crippen molar-refractivity contribution >= 4 is 5.95 Å². The van der Waals surface area contributed by atoms with Gasteiger partial charge in [0, 0.05) is 12.8 Å². The number of hydrogen-bond acceptors (Lipinski definition) is 3. The van der Waals surface area contributed by atoms with Crippen molar-refractivity contribution in [3.05, 3.63) is 11.4 Å². The predicted molar refractivity (Wildman–Crippen MR) is 38.5 cm³/mol. The van der Waals surface area contributed by atoms with Gasteiger partial charge in [-0.1, -0.05) is 0 Å². The highest BCUT2D eigenvalue weighted by Gasteiger charge is 2.01. The lowest BCUT2D eigenvalue weighted by Gasteiger charge is -1.92. The van der Waals surface area contributed by atoms with Gasteiger partial charge in [0.1, 0.15) is 0 Å². The second-order valence-corrected chi connectivity index (χ2v) is 2.13. The van der Waals surface area contributed by atoms with Crippen molar-refractivity contribution in [2.45, 2.75) is 13.5 Å². The monoisotopic (exact) mass is 141 g/mol. The molecule has 0 radical (unpaired) electrons. The molecule has 0 atom stereocenters. The summed E-state index contributed by atoms with van der Waals surface area (Å²) in [7, 11) is 1.63. The highest BCUT2D eigenvalue weighted by Crippen LogP contribution is 2.05. The molecule has 1 aromatic rings. The van der Waals surface area contributed by atoms with Crippen LogP contribution in [-0.4, -0.2) is 17.1 Å². The van der Waals surface area contributed by atoms with Crippen LogP contribution in [0.15, 0.2) is 0 Å². The molecule has 0 saturated carbocycles. The van der Waals surface area contributed by atoms with Gasteiger partial charge < -0.3 is 15.5 Å². The van der Waals surface area contributed by atoms with Crippen LogP contribution < -0.4 is 5.73 Å². The zero-order valence-electron chi connectivity index (χ0n) is 6.14. The highest BCUT2D eigenvalue weighted by atomic mass is 16.5. The molecular formula is C6H11N3O. The molecule has 1 heterocycles. The van der Waals surface area contributed by atoms with Gasteiger partial charge in [-0.2, -0.15) is 0 Å². The van der Waals surface area contributed by atoms with Crippen molar-refractivity contribution in [1.29, 1.82) is 0 Å². The Morgan fingerprint density at radius 2 is 2.40 bits per heavy atom. The first-order chi connectivity index (χ1) is 4.74. The maximum absolute atomic E-state index is 5.39. The number of aromatic nitrogens is 2. The Bertz CT molecular complexity index is 219. The van der Waals surface area contributed by atoms with E-state index in [1.165, 1.54) is 0 Å². The Morgan fingerprint density at radius 1 is 1.70 bits per heavy atom. The quantitative estimate of drug-likeness (QED) is 0.628. The summed E-state index contributed by atoms with van der Waals surface area (Å²) in [4.78, 5) is 6.88. The Hall–Kier alpha value is -1.03. The van der Waals surface area contributed by atoms with Gasteiger partial charge in [0.05, 0.1) is 12.3 Å². The topological polar surface area (TPSA) is 63.9 Å². The number of nitrogen functional groups attached to an aromatic ring is 1. The maximum atomic E-state index is 5.39. The standard InChI is InChI=1S/C6H11N3O/c1-4-5(3-10-2)9-6(7)8-4/h3H2,1-2H3,(H3,7,8,9). The van der Waals surface area contributed by atoms with Crippen molar-refractivity contribution in [3.8, 4) is 0 Å². The van der Waals surface area contributed by atoms with Crippen molar-refractivity contribution in [3.63, 3.8) is 0 Å². The van der Waals surface area contributed by atoms with Gasteiger partial charge in [-0.3, -0.25) is 0 Å². The van der Waals surface area contributed by atoms with Gasteiger partial charge in [0.15, 0.2) is 5.95 Å². The molecule has 0 aliphatic heterocycles. The van der Waals surface area contributed by atoms with E-state index in [0.717, 1.165) is 11.4 Å². The van der Waals surface area contributed by atoms with Gasteiger partial charge in [-0.05, 0) is 6.92 Å². The van der Waals surface area contributed by atoms with Crippen LogP contribution in [0.5, 0.6) is 0 Å². The van der Waals surface area contributed by atoms with E-state index in [9.17, 15) is 0 Å². The fourth-order valence-corrected chi connectivity index (χ4v) is 0.799. The zero-order valence-corrected chi connectivity index (χ0v) is 6.14. The molecule has 3 N–H and O–H groups in total. The maximum Gasteiger partial charge on any atom is 0.197 e. The fraction of sp³-hybridized carbons (Fsp3) is 0.500. The number of aromatic amines is 1. The lowest BCUT2D eigenvalue weighted by molar-refractivity contribution is 0.181. The minimum Gasteiger partial charge on any atom is -0.378 e. The molecule has 0 saturated heterocycles. The summed E-state index contributed by atoms with van der Waals surface area (Å²) < 4.78 is 4.88. The fourth-order valence-electron chi connectivity index (χ4n) is 0.799. The van der Waals surface area contributed by atoms with E-state index < -0.39 is 0 Å². The number of H-pyrrole nitrogens is 1. The second-order valence-electron chi connectivity index (χ2n) is 2.13. The summed E-state index contributed by atoms with van der Waals surface area (Å²) in [6, 6.07) is 0. The Balaban J connectivity index is 2.81. The van der Waals surface area contributed by atoms with Crippen LogP contribution in [0.4, 0.5) is 5.95 Å². The van der Waals surface area contributed by atoms with Crippen LogP contribution >= 0.6 is 0 Å². The normalized spacial score (nSPS) is 10.2. The average molecular weight is 141 g/mol. The van der Waals surface area contributed by atoms with E-state index in [0.29, 0.717) is 12.6 Å².